The molecule has 0 bridgehead atoms. The van der Waals surface area contributed by atoms with Gasteiger partial charge in [0.2, 0.25) is 17.7 Å². The number of likely N-dealkylation sites (tertiary alicyclic amines) is 1. The van der Waals surface area contributed by atoms with Crippen LogP contribution < -0.4 is 5.32 Å². The molecule has 8 heteroatoms. The predicted octanol–water partition coefficient (Wildman–Crippen LogP) is 0.964. The summed E-state index contributed by atoms with van der Waals surface area (Å²) in [5.74, 6) is -0.782. The lowest BCUT2D eigenvalue weighted by atomic mass is 10.1. The highest BCUT2D eigenvalue weighted by Gasteiger charge is 2.29. The number of carbonyl (C=O) groups is 4. The third-order valence-corrected chi connectivity index (χ3v) is 4.24. The summed E-state index contributed by atoms with van der Waals surface area (Å²) in [7, 11) is 0. The summed E-state index contributed by atoms with van der Waals surface area (Å²) in [5.41, 5.74) is 1.72. The highest BCUT2D eigenvalue weighted by Crippen LogP contribution is 2.12. The van der Waals surface area contributed by atoms with Crippen LogP contribution in [0, 0.1) is 0 Å². The molecule has 8 nitrogen and oxygen atoms in total. The smallest absolute Gasteiger partial charge is 0.305 e. The molecule has 0 atom stereocenters. The first-order valence-electron chi connectivity index (χ1n) is 9.40. The maximum atomic E-state index is 11.9. The lowest BCUT2D eigenvalue weighted by Crippen LogP contribution is -2.48. The van der Waals surface area contributed by atoms with Gasteiger partial charge in [-0.05, 0) is 11.1 Å². The highest BCUT2D eigenvalue weighted by molar-refractivity contribution is 6.00. The summed E-state index contributed by atoms with van der Waals surface area (Å²) in [6.45, 7) is 3.16. The molecule has 152 valence electrons. The molecule has 3 amide bonds. The van der Waals surface area contributed by atoms with Gasteiger partial charge in [-0.1, -0.05) is 31.2 Å². The van der Waals surface area contributed by atoms with E-state index in [2.05, 4.69) is 5.32 Å². The average Bonchev–Trinajstić information content (AvgIpc) is 2.68. The highest BCUT2D eigenvalue weighted by atomic mass is 16.5. The van der Waals surface area contributed by atoms with Gasteiger partial charge >= 0.3 is 5.97 Å². The Bertz CT molecular complexity index is 701. The van der Waals surface area contributed by atoms with Crippen LogP contribution in [-0.2, 0) is 41.6 Å². The van der Waals surface area contributed by atoms with Crippen molar-refractivity contribution in [3.05, 3.63) is 35.4 Å². The molecule has 2 rings (SSSR count). The monoisotopic (exact) mass is 390 g/mol. The van der Waals surface area contributed by atoms with Gasteiger partial charge in [0.15, 0.2) is 0 Å². The van der Waals surface area contributed by atoms with Crippen LogP contribution in [0.3, 0.4) is 0 Å². The SMILES string of the molecule is CCC(=O)OCCCOCC(=O)NCc1ccc(CC(=O)N2CCC2=O)cc1. The number of amides is 3. The van der Waals surface area contributed by atoms with Crippen molar-refractivity contribution in [2.45, 2.75) is 39.2 Å². The Morgan fingerprint density at radius 2 is 1.82 bits per heavy atom. The first-order valence-corrected chi connectivity index (χ1v) is 9.40. The fourth-order valence-electron chi connectivity index (χ4n) is 2.49. The zero-order valence-corrected chi connectivity index (χ0v) is 16.1. The van der Waals surface area contributed by atoms with Gasteiger partial charge in [-0.2, -0.15) is 0 Å². The summed E-state index contributed by atoms with van der Waals surface area (Å²) >= 11 is 0. The maximum Gasteiger partial charge on any atom is 0.305 e. The molecule has 1 aliphatic heterocycles. The molecular weight excluding hydrogens is 364 g/mol. The van der Waals surface area contributed by atoms with Crippen LogP contribution in [0.1, 0.15) is 37.3 Å². The molecule has 1 saturated heterocycles. The minimum absolute atomic E-state index is 0.0574. The molecule has 1 heterocycles. The van der Waals surface area contributed by atoms with E-state index in [1.165, 1.54) is 4.90 Å². The zero-order valence-electron chi connectivity index (χ0n) is 16.1. The number of rotatable bonds is 11. The number of hydrogen-bond donors (Lipinski definition) is 1. The molecular formula is C20H26N2O6. The van der Waals surface area contributed by atoms with Crippen molar-refractivity contribution < 1.29 is 28.7 Å². The van der Waals surface area contributed by atoms with Crippen molar-refractivity contribution in [1.82, 2.24) is 10.2 Å². The molecule has 1 fully saturated rings. The second kappa shape index (κ2) is 11.2. The van der Waals surface area contributed by atoms with Gasteiger partial charge in [-0.25, -0.2) is 0 Å². The van der Waals surface area contributed by atoms with Crippen molar-refractivity contribution in [1.29, 1.82) is 0 Å². The van der Waals surface area contributed by atoms with Gasteiger partial charge in [0.25, 0.3) is 0 Å². The number of β-lactam (4-membered cyclic amide) rings is 1. The van der Waals surface area contributed by atoms with E-state index in [1.54, 1.807) is 6.92 Å². The summed E-state index contributed by atoms with van der Waals surface area (Å²) in [5, 5.41) is 2.75. The van der Waals surface area contributed by atoms with E-state index in [4.69, 9.17) is 9.47 Å². The molecule has 1 N–H and O–H groups in total. The van der Waals surface area contributed by atoms with E-state index in [0.717, 1.165) is 11.1 Å². The van der Waals surface area contributed by atoms with Crippen molar-refractivity contribution in [2.75, 3.05) is 26.4 Å². The molecule has 1 aromatic carbocycles. The number of nitrogens with zero attached hydrogens (tertiary/aromatic N) is 1. The minimum Gasteiger partial charge on any atom is -0.466 e. The van der Waals surface area contributed by atoms with E-state index in [0.29, 0.717) is 39.0 Å². The number of esters is 1. The van der Waals surface area contributed by atoms with Crippen LogP contribution in [0.4, 0.5) is 0 Å². The van der Waals surface area contributed by atoms with Crippen LogP contribution >= 0.6 is 0 Å². The molecule has 0 unspecified atom stereocenters. The molecule has 0 saturated carbocycles. The third kappa shape index (κ3) is 7.11. The topological polar surface area (TPSA) is 102 Å². The summed E-state index contributed by atoms with van der Waals surface area (Å²) in [6.07, 6.45) is 1.53. The van der Waals surface area contributed by atoms with E-state index < -0.39 is 0 Å². The summed E-state index contributed by atoms with van der Waals surface area (Å²) in [4.78, 5) is 47.2. The van der Waals surface area contributed by atoms with Gasteiger partial charge in [-0.15, -0.1) is 0 Å². The molecule has 0 radical (unpaired) electrons. The van der Waals surface area contributed by atoms with Crippen LogP contribution in [0.2, 0.25) is 0 Å². The van der Waals surface area contributed by atoms with Gasteiger partial charge in [0.1, 0.15) is 6.61 Å². The summed E-state index contributed by atoms with van der Waals surface area (Å²) < 4.78 is 10.1. The van der Waals surface area contributed by atoms with Crippen LogP contribution in [-0.4, -0.2) is 55.0 Å². The number of nitrogens with one attached hydrogen (secondary N) is 1. The molecule has 1 aromatic rings. The number of hydrogen-bond acceptors (Lipinski definition) is 6. The van der Waals surface area contributed by atoms with Crippen molar-refractivity contribution >= 4 is 23.7 Å². The Labute approximate surface area is 164 Å². The van der Waals surface area contributed by atoms with Crippen LogP contribution in [0.15, 0.2) is 24.3 Å². The number of imide groups is 1. The number of carbonyl (C=O) groups excluding carboxylic acids is 4. The quantitative estimate of drug-likeness (QED) is 0.343. The molecule has 28 heavy (non-hydrogen) atoms. The maximum absolute atomic E-state index is 11.9. The Hall–Kier alpha value is -2.74. The van der Waals surface area contributed by atoms with Crippen molar-refractivity contribution in [2.24, 2.45) is 0 Å². The standard InChI is InChI=1S/C20H26N2O6/c1-2-20(26)28-11-3-10-27-14-17(23)21-13-16-6-4-15(5-7-16)12-19(25)22-9-8-18(22)24/h4-7H,2-3,8-14H2,1H3,(H,21,23). The first-order chi connectivity index (χ1) is 13.5. The second-order valence-electron chi connectivity index (χ2n) is 6.44. The minimum atomic E-state index is -0.248. The molecule has 1 aliphatic rings. The average molecular weight is 390 g/mol. The number of ether oxygens (including phenoxy) is 2. The third-order valence-electron chi connectivity index (χ3n) is 4.24. The van der Waals surface area contributed by atoms with Gasteiger partial charge in [0, 0.05) is 32.4 Å². The fraction of sp³-hybridized carbons (Fsp3) is 0.500. The Balaban J connectivity index is 1.59. The van der Waals surface area contributed by atoms with E-state index in [9.17, 15) is 19.2 Å². The molecule has 0 aliphatic carbocycles. The Morgan fingerprint density at radius 3 is 2.43 bits per heavy atom. The van der Waals surface area contributed by atoms with E-state index in [1.807, 2.05) is 24.3 Å². The largest absolute Gasteiger partial charge is 0.466 e. The first kappa shape index (κ1) is 21.6. The van der Waals surface area contributed by atoms with Crippen molar-refractivity contribution in [3.63, 3.8) is 0 Å². The van der Waals surface area contributed by atoms with Crippen molar-refractivity contribution in [3.8, 4) is 0 Å². The molecule has 0 aromatic heterocycles. The molecule has 0 spiro atoms. The Kier molecular flexibility index (Phi) is 8.61. The number of benzene rings is 1. The van der Waals surface area contributed by atoms with Gasteiger partial charge in [-0.3, -0.25) is 24.1 Å². The second-order valence-corrected chi connectivity index (χ2v) is 6.44. The normalized spacial score (nSPS) is 13.0. The van der Waals surface area contributed by atoms with E-state index >= 15 is 0 Å². The fourth-order valence-corrected chi connectivity index (χ4v) is 2.49. The zero-order chi connectivity index (χ0) is 20.4. The lowest BCUT2D eigenvalue weighted by molar-refractivity contribution is -0.152. The van der Waals surface area contributed by atoms with Crippen LogP contribution in [0.5, 0.6) is 0 Å². The predicted molar refractivity (Wildman–Crippen MR) is 100 cm³/mol. The van der Waals surface area contributed by atoms with Crippen LogP contribution in [0.25, 0.3) is 0 Å². The van der Waals surface area contributed by atoms with Gasteiger partial charge in [0.05, 0.1) is 19.6 Å². The van der Waals surface area contributed by atoms with E-state index in [-0.39, 0.29) is 43.3 Å². The van der Waals surface area contributed by atoms with Gasteiger partial charge < -0.3 is 14.8 Å². The summed E-state index contributed by atoms with van der Waals surface area (Å²) in [6, 6.07) is 7.31. The Morgan fingerprint density at radius 1 is 1.11 bits per heavy atom. The lowest BCUT2D eigenvalue weighted by Gasteiger charge is -2.28.